The zero-order valence-corrected chi connectivity index (χ0v) is 28.2. The number of hydrogen-bond donors (Lipinski definition) is 0. The second-order valence-electron chi connectivity index (χ2n) is 12.5. The summed E-state index contributed by atoms with van der Waals surface area (Å²) in [5, 5.41) is 9.61. The Morgan fingerprint density at radius 3 is 1.86 bits per heavy atom. The Bertz CT molecular complexity index is 2900. The van der Waals surface area contributed by atoms with Gasteiger partial charge in [0.2, 0.25) is 0 Å². The summed E-state index contributed by atoms with van der Waals surface area (Å²) in [5.74, 6) is 0. The van der Waals surface area contributed by atoms with Crippen molar-refractivity contribution >= 4 is 80.6 Å². The maximum absolute atomic E-state index is 6.88. The number of hydrogen-bond acceptors (Lipinski definition) is 2. The van der Waals surface area contributed by atoms with Crippen molar-refractivity contribution in [1.82, 2.24) is 0 Å². The summed E-state index contributed by atoms with van der Waals surface area (Å²) in [5.41, 5.74) is 8.41. The Balaban J connectivity index is 1.29. The van der Waals surface area contributed by atoms with Gasteiger partial charge in [-0.3, -0.25) is 0 Å². The molecule has 9 rings (SSSR count). The minimum Gasteiger partial charge on any atom is -0.455 e. The Morgan fingerprint density at radius 1 is 0.540 bits per heavy atom. The summed E-state index contributed by atoms with van der Waals surface area (Å²) in [6.45, 7) is 8.01. The largest absolute Gasteiger partial charge is 0.455 e. The van der Waals surface area contributed by atoms with Gasteiger partial charge in [0.1, 0.15) is 11.2 Å². The van der Waals surface area contributed by atoms with Gasteiger partial charge in [-0.25, -0.2) is 0 Å². The molecule has 7 aromatic carbocycles. The summed E-state index contributed by atoms with van der Waals surface area (Å²) in [6.07, 6.45) is 5.67. The quantitative estimate of drug-likeness (QED) is 0.168. The SMILES string of the molecule is C=C/C=C\C(=C)c1ccc(-c2ccccccc(-c3ccc4c(c3)oc3c5ccccc5c5sc6ccccc6c5c43)c3ccccc23)cc1. The van der Waals surface area contributed by atoms with Gasteiger partial charge in [-0.05, 0) is 62.4 Å². The van der Waals surface area contributed by atoms with Gasteiger partial charge >= 0.3 is 0 Å². The fourth-order valence-corrected chi connectivity index (χ4v) is 8.53. The molecule has 0 spiro atoms. The Hall–Kier alpha value is -6.22. The summed E-state index contributed by atoms with van der Waals surface area (Å²) in [7, 11) is 0. The summed E-state index contributed by atoms with van der Waals surface area (Å²) < 4.78 is 9.48. The maximum Gasteiger partial charge on any atom is 0.143 e. The maximum atomic E-state index is 6.88. The van der Waals surface area contributed by atoms with Crippen molar-refractivity contribution in [2.45, 2.75) is 0 Å². The van der Waals surface area contributed by atoms with E-state index < -0.39 is 0 Å². The van der Waals surface area contributed by atoms with E-state index >= 15 is 0 Å². The summed E-state index contributed by atoms with van der Waals surface area (Å²) >= 11 is 1.87. The third kappa shape index (κ3) is 4.92. The highest BCUT2D eigenvalue weighted by Crippen LogP contribution is 2.47. The molecule has 2 heteroatoms. The zero-order chi connectivity index (χ0) is 33.6. The van der Waals surface area contributed by atoms with Crippen LogP contribution in [0.15, 0.2) is 187 Å². The average molecular weight is 657 g/mol. The van der Waals surface area contributed by atoms with E-state index in [1.54, 1.807) is 6.08 Å². The minimum atomic E-state index is 0.891. The number of rotatable bonds is 5. The number of thiophene rings is 1. The molecule has 50 heavy (non-hydrogen) atoms. The van der Waals surface area contributed by atoms with Crippen LogP contribution >= 0.6 is 11.3 Å². The molecular weight excluding hydrogens is 625 g/mol. The molecule has 0 atom stereocenters. The molecule has 0 saturated heterocycles. The van der Waals surface area contributed by atoms with Crippen molar-refractivity contribution in [1.29, 1.82) is 0 Å². The molecule has 0 aliphatic heterocycles. The first-order valence-corrected chi connectivity index (χ1v) is 17.6. The average Bonchev–Trinajstić information content (AvgIpc) is 3.74. The Kier molecular flexibility index (Phi) is 7.38. The molecule has 2 aromatic heterocycles. The molecule has 0 aliphatic carbocycles. The van der Waals surface area contributed by atoms with Crippen molar-refractivity contribution in [2.75, 3.05) is 0 Å². The lowest BCUT2D eigenvalue weighted by Gasteiger charge is -2.10. The van der Waals surface area contributed by atoms with Crippen molar-refractivity contribution in [2.24, 2.45) is 0 Å². The highest BCUT2D eigenvalue weighted by atomic mass is 32.1. The number of allylic oxidation sites excluding steroid dienone is 4. The van der Waals surface area contributed by atoms with Crippen LogP contribution in [0.25, 0.3) is 91.5 Å². The molecular formula is C48H32OS. The van der Waals surface area contributed by atoms with Gasteiger partial charge in [0, 0.05) is 41.7 Å². The van der Waals surface area contributed by atoms with Gasteiger partial charge in [0.05, 0.1) is 0 Å². The van der Waals surface area contributed by atoms with E-state index in [-0.39, 0.29) is 0 Å². The zero-order valence-electron chi connectivity index (χ0n) is 27.4. The number of furan rings is 1. The highest BCUT2D eigenvalue weighted by molar-refractivity contribution is 7.27. The lowest BCUT2D eigenvalue weighted by atomic mass is 9.94. The number of benzene rings is 6. The normalized spacial score (nSPS) is 11.7. The second kappa shape index (κ2) is 12.3. The summed E-state index contributed by atoms with van der Waals surface area (Å²) in [6, 6.07) is 54.3. The molecule has 0 fully saturated rings. The van der Waals surface area contributed by atoms with Gasteiger partial charge in [0.25, 0.3) is 0 Å². The molecule has 0 N–H and O–H groups in total. The van der Waals surface area contributed by atoms with E-state index in [2.05, 4.69) is 165 Å². The van der Waals surface area contributed by atoms with Crippen LogP contribution in [0.4, 0.5) is 0 Å². The van der Waals surface area contributed by atoms with E-state index in [4.69, 9.17) is 4.42 Å². The van der Waals surface area contributed by atoms with E-state index in [1.807, 2.05) is 23.5 Å². The van der Waals surface area contributed by atoms with E-state index in [0.29, 0.717) is 0 Å². The van der Waals surface area contributed by atoms with E-state index in [0.717, 1.165) is 60.7 Å². The molecule has 1 nitrogen and oxygen atoms in total. The van der Waals surface area contributed by atoms with Crippen molar-refractivity contribution in [3.63, 3.8) is 0 Å². The molecule has 236 valence electrons. The van der Waals surface area contributed by atoms with E-state index in [1.165, 1.54) is 36.3 Å². The van der Waals surface area contributed by atoms with Crippen LogP contribution in [0, 0.1) is 0 Å². The molecule has 2 heterocycles. The molecule has 0 aliphatic rings. The van der Waals surface area contributed by atoms with Gasteiger partial charge in [-0.2, -0.15) is 0 Å². The first kappa shape index (κ1) is 29.9. The predicted octanol–water partition coefficient (Wildman–Crippen LogP) is 14.5. The van der Waals surface area contributed by atoms with Crippen LogP contribution in [-0.2, 0) is 0 Å². The Morgan fingerprint density at radius 2 is 1.14 bits per heavy atom. The molecule has 0 unspecified atom stereocenters. The molecule has 0 bridgehead atoms. The first-order chi connectivity index (χ1) is 24.7. The summed E-state index contributed by atoms with van der Waals surface area (Å²) in [4.78, 5) is 0. The van der Waals surface area contributed by atoms with Gasteiger partial charge in [0.15, 0.2) is 0 Å². The monoisotopic (exact) mass is 656 g/mol. The second-order valence-corrected chi connectivity index (χ2v) is 13.6. The molecule has 9 aromatic rings. The van der Waals surface area contributed by atoms with Crippen LogP contribution < -0.4 is 0 Å². The third-order valence-corrected chi connectivity index (χ3v) is 10.8. The topological polar surface area (TPSA) is 13.1 Å². The van der Waals surface area contributed by atoms with Crippen LogP contribution in [0.5, 0.6) is 0 Å². The Labute approximate surface area is 294 Å². The standard InChI is InChI=1S/C48H32OS/c1-3-4-15-31(2)32-24-26-33(27-25-32)35-16-7-5-6-8-17-36(38-19-10-9-18-37(35)38)34-28-29-41-43(30-34)49-47-39-20-11-12-21-40(39)48-46(45(41)47)42-22-13-14-23-44(42)50-48/h3-30H,1-2H2/b6-5?,7-5?,8-6?,15-4-,16-7?,17-8?,35-16?,36-17?,37-35?,38-36?. The van der Waals surface area contributed by atoms with Crippen LogP contribution in [0.2, 0.25) is 0 Å². The van der Waals surface area contributed by atoms with Gasteiger partial charge in [-0.15, -0.1) is 11.3 Å². The van der Waals surface area contributed by atoms with Crippen LogP contribution in [-0.4, -0.2) is 0 Å². The van der Waals surface area contributed by atoms with Gasteiger partial charge < -0.3 is 4.42 Å². The fourth-order valence-electron chi connectivity index (χ4n) is 7.28. The lowest BCUT2D eigenvalue weighted by Crippen LogP contribution is -1.84. The number of fused-ring (bicyclic) bond motifs is 11. The van der Waals surface area contributed by atoms with Crippen molar-refractivity contribution in [3.8, 4) is 22.3 Å². The van der Waals surface area contributed by atoms with Crippen molar-refractivity contribution in [3.05, 3.63) is 189 Å². The molecule has 0 amide bonds. The van der Waals surface area contributed by atoms with Crippen molar-refractivity contribution < 1.29 is 4.42 Å². The first-order valence-electron chi connectivity index (χ1n) is 16.8. The molecule has 0 saturated carbocycles. The minimum absolute atomic E-state index is 0.891. The van der Waals surface area contributed by atoms with Crippen LogP contribution in [0.3, 0.4) is 0 Å². The lowest BCUT2D eigenvalue weighted by molar-refractivity contribution is 0.673. The van der Waals surface area contributed by atoms with Crippen LogP contribution in [0.1, 0.15) is 5.56 Å². The predicted molar refractivity (Wildman–Crippen MR) is 218 cm³/mol. The fraction of sp³-hybridized carbons (Fsp3) is 0. The van der Waals surface area contributed by atoms with E-state index in [9.17, 15) is 0 Å². The third-order valence-electron chi connectivity index (χ3n) is 9.63. The van der Waals surface area contributed by atoms with Gasteiger partial charge in [-0.1, -0.05) is 165 Å². The highest BCUT2D eigenvalue weighted by Gasteiger charge is 2.20. The smallest absolute Gasteiger partial charge is 0.143 e. The molecule has 0 radical (unpaired) electrons.